The molecule has 1 rings (SSSR count). The molecular weight excluding hydrogens is 192 g/mol. The fraction of sp³-hybridized carbons (Fsp3) is 0.250. The molecule has 0 atom stereocenters. The predicted octanol–water partition coefficient (Wildman–Crippen LogP) is 2.19. The zero-order chi connectivity index (χ0) is 8.81. The van der Waals surface area contributed by atoms with Crippen LogP contribution in [0.25, 0.3) is 0 Å². The third-order valence-electron chi connectivity index (χ3n) is 1.39. The Balaban J connectivity index is 2.41. The van der Waals surface area contributed by atoms with Gasteiger partial charge in [-0.05, 0) is 18.2 Å². The Bertz CT molecular complexity index is 242. The van der Waals surface area contributed by atoms with Crippen LogP contribution in [0.4, 0.5) is 5.69 Å². The van der Waals surface area contributed by atoms with Crippen molar-refractivity contribution in [3.8, 4) is 0 Å². The van der Waals surface area contributed by atoms with E-state index < -0.39 is 0 Å². The molecule has 0 unspecified atom stereocenters. The van der Waals surface area contributed by atoms with Gasteiger partial charge in [0.2, 0.25) is 0 Å². The first kappa shape index (κ1) is 9.71. The second-order valence-corrected chi connectivity index (χ2v) is 3.10. The number of halogens is 1. The van der Waals surface area contributed by atoms with Crippen LogP contribution in [0.1, 0.15) is 0 Å². The molecule has 0 amide bonds. The lowest BCUT2D eigenvalue weighted by Crippen LogP contribution is -2.13. The van der Waals surface area contributed by atoms with Gasteiger partial charge < -0.3 is 5.32 Å². The molecule has 0 radical (unpaired) electrons. The van der Waals surface area contributed by atoms with Crippen LogP contribution < -0.4 is 10.0 Å². The normalized spacial score (nSPS) is 9.83. The van der Waals surface area contributed by atoms with Gasteiger partial charge in [0.05, 0.1) is 0 Å². The van der Waals surface area contributed by atoms with E-state index in [0.29, 0.717) is 0 Å². The van der Waals surface area contributed by atoms with Crippen molar-refractivity contribution in [2.45, 2.75) is 0 Å². The van der Waals surface area contributed by atoms with Crippen LogP contribution in [0.3, 0.4) is 0 Å². The van der Waals surface area contributed by atoms with Gasteiger partial charge in [0.25, 0.3) is 0 Å². The van der Waals surface area contributed by atoms with Crippen LogP contribution in [-0.4, -0.2) is 13.1 Å². The largest absolute Gasteiger partial charge is 0.384 e. The Morgan fingerprint density at radius 2 is 2.17 bits per heavy atom. The number of nitrogens with one attached hydrogen (secondary N) is 2. The van der Waals surface area contributed by atoms with Gasteiger partial charge in [-0.25, -0.2) is 0 Å². The lowest BCUT2D eigenvalue weighted by atomic mass is 10.3. The minimum Gasteiger partial charge on any atom is -0.384 e. The highest BCUT2D eigenvalue weighted by molar-refractivity contribution is 7.78. The van der Waals surface area contributed by atoms with Crippen molar-refractivity contribution in [1.82, 2.24) is 4.72 Å². The minimum atomic E-state index is 0.749. The molecule has 4 heteroatoms. The van der Waals surface area contributed by atoms with Crippen LogP contribution in [0, 0.1) is 0 Å². The molecule has 0 bridgehead atoms. The molecule has 0 spiro atoms. The molecule has 66 valence electrons. The van der Waals surface area contributed by atoms with Crippen molar-refractivity contribution in [3.05, 3.63) is 29.3 Å². The molecule has 12 heavy (non-hydrogen) atoms. The zero-order valence-corrected chi connectivity index (χ0v) is 8.20. The van der Waals surface area contributed by atoms with E-state index in [1.54, 1.807) is 0 Å². The van der Waals surface area contributed by atoms with Gasteiger partial charge >= 0.3 is 0 Å². The SMILES string of the molecule is SNCCNc1cccc(Cl)c1. The van der Waals surface area contributed by atoms with Crippen molar-refractivity contribution in [1.29, 1.82) is 0 Å². The third kappa shape index (κ3) is 3.34. The molecule has 1 aromatic carbocycles. The van der Waals surface area contributed by atoms with Gasteiger partial charge in [0, 0.05) is 23.8 Å². The summed E-state index contributed by atoms with van der Waals surface area (Å²) in [5.41, 5.74) is 1.03. The molecule has 0 aliphatic carbocycles. The summed E-state index contributed by atoms with van der Waals surface area (Å²) in [6, 6.07) is 7.63. The fourth-order valence-corrected chi connectivity index (χ4v) is 1.16. The first-order chi connectivity index (χ1) is 5.83. The maximum absolute atomic E-state index is 5.79. The summed E-state index contributed by atoms with van der Waals surface area (Å²) in [7, 11) is 0. The monoisotopic (exact) mass is 202 g/mol. The maximum Gasteiger partial charge on any atom is 0.0426 e. The summed E-state index contributed by atoms with van der Waals surface area (Å²) in [6.07, 6.45) is 0. The molecule has 0 saturated heterocycles. The average molecular weight is 203 g/mol. The van der Waals surface area contributed by atoms with Gasteiger partial charge in [-0.1, -0.05) is 30.5 Å². The Morgan fingerprint density at radius 1 is 1.33 bits per heavy atom. The molecule has 2 nitrogen and oxygen atoms in total. The van der Waals surface area contributed by atoms with Crippen molar-refractivity contribution in [2.75, 3.05) is 18.4 Å². The van der Waals surface area contributed by atoms with Gasteiger partial charge in [0.15, 0.2) is 0 Å². The lowest BCUT2D eigenvalue weighted by Gasteiger charge is -2.04. The smallest absolute Gasteiger partial charge is 0.0426 e. The molecule has 0 aliphatic rings. The summed E-state index contributed by atoms with van der Waals surface area (Å²) in [5.74, 6) is 0. The standard InChI is InChI=1S/C8H11ClN2S/c9-7-2-1-3-8(6-7)10-4-5-11-12/h1-3,6,10-12H,4-5H2. The number of benzene rings is 1. The van der Waals surface area contributed by atoms with E-state index in [1.165, 1.54) is 0 Å². The van der Waals surface area contributed by atoms with Crippen molar-refractivity contribution >= 4 is 30.1 Å². The Hall–Kier alpha value is -0.380. The highest BCUT2D eigenvalue weighted by Gasteiger charge is 1.91. The number of hydrogen-bond acceptors (Lipinski definition) is 3. The Morgan fingerprint density at radius 3 is 2.83 bits per heavy atom. The molecule has 0 aliphatic heterocycles. The van der Waals surface area contributed by atoms with Gasteiger partial charge in [0.1, 0.15) is 0 Å². The summed E-state index contributed by atoms with van der Waals surface area (Å²) in [4.78, 5) is 0. The quantitative estimate of drug-likeness (QED) is 0.515. The number of rotatable bonds is 4. The Kier molecular flexibility index (Phi) is 4.29. The topological polar surface area (TPSA) is 24.1 Å². The molecule has 0 heterocycles. The van der Waals surface area contributed by atoms with Crippen LogP contribution in [0.5, 0.6) is 0 Å². The highest BCUT2D eigenvalue weighted by atomic mass is 35.5. The first-order valence-corrected chi connectivity index (χ1v) is 4.52. The van der Waals surface area contributed by atoms with Gasteiger partial charge in [-0.3, -0.25) is 4.72 Å². The van der Waals surface area contributed by atoms with Gasteiger partial charge in [-0.15, -0.1) is 0 Å². The van der Waals surface area contributed by atoms with E-state index in [9.17, 15) is 0 Å². The highest BCUT2D eigenvalue weighted by Crippen LogP contribution is 2.14. The summed E-state index contributed by atoms with van der Waals surface area (Å²) >= 11 is 9.66. The van der Waals surface area contributed by atoms with E-state index >= 15 is 0 Å². The van der Waals surface area contributed by atoms with Crippen LogP contribution in [0.2, 0.25) is 5.02 Å². The summed E-state index contributed by atoms with van der Waals surface area (Å²) < 4.78 is 2.75. The molecular formula is C8H11ClN2S. The number of anilines is 1. The van der Waals surface area contributed by atoms with E-state index in [2.05, 4.69) is 22.9 Å². The number of thiol groups is 1. The van der Waals surface area contributed by atoms with E-state index in [-0.39, 0.29) is 0 Å². The minimum absolute atomic E-state index is 0.749. The van der Waals surface area contributed by atoms with Crippen molar-refractivity contribution in [2.24, 2.45) is 0 Å². The van der Waals surface area contributed by atoms with Crippen LogP contribution >= 0.6 is 24.4 Å². The molecule has 2 N–H and O–H groups in total. The molecule has 1 aromatic rings. The second kappa shape index (κ2) is 5.30. The number of hydrogen-bond donors (Lipinski definition) is 3. The van der Waals surface area contributed by atoms with E-state index in [4.69, 9.17) is 11.6 Å². The van der Waals surface area contributed by atoms with Crippen molar-refractivity contribution < 1.29 is 0 Å². The van der Waals surface area contributed by atoms with Crippen molar-refractivity contribution in [3.63, 3.8) is 0 Å². The molecule has 0 fully saturated rings. The maximum atomic E-state index is 5.79. The average Bonchev–Trinajstić information content (AvgIpc) is 2.05. The fourth-order valence-electron chi connectivity index (χ4n) is 0.861. The van der Waals surface area contributed by atoms with E-state index in [1.807, 2.05) is 24.3 Å². The summed E-state index contributed by atoms with van der Waals surface area (Å²) in [6.45, 7) is 1.65. The molecule has 0 saturated carbocycles. The van der Waals surface area contributed by atoms with Gasteiger partial charge in [-0.2, -0.15) is 0 Å². The van der Waals surface area contributed by atoms with Crippen LogP contribution in [-0.2, 0) is 0 Å². The van der Waals surface area contributed by atoms with Crippen LogP contribution in [0.15, 0.2) is 24.3 Å². The predicted molar refractivity (Wildman–Crippen MR) is 56.9 cm³/mol. The third-order valence-corrected chi connectivity index (χ3v) is 1.85. The molecule has 0 aromatic heterocycles. The van der Waals surface area contributed by atoms with E-state index in [0.717, 1.165) is 23.8 Å². The Labute approximate surface area is 82.9 Å². The zero-order valence-electron chi connectivity index (χ0n) is 6.55. The lowest BCUT2D eigenvalue weighted by molar-refractivity contribution is 0.962. The second-order valence-electron chi connectivity index (χ2n) is 2.35. The first-order valence-electron chi connectivity index (χ1n) is 3.69. The summed E-state index contributed by atoms with van der Waals surface area (Å²) in [5, 5.41) is 3.94.